The van der Waals surface area contributed by atoms with Crippen molar-refractivity contribution in [2.24, 2.45) is 0 Å². The fourth-order valence-electron chi connectivity index (χ4n) is 4.71. The number of nitrogens with zero attached hydrogens (tertiary/aromatic N) is 2. The minimum atomic E-state index is -0.988. The van der Waals surface area contributed by atoms with E-state index < -0.39 is 12.1 Å². The molecule has 0 aromatic carbocycles. The summed E-state index contributed by atoms with van der Waals surface area (Å²) in [5, 5.41) is 12.8. The van der Waals surface area contributed by atoms with E-state index in [1.807, 2.05) is 6.07 Å². The lowest BCUT2D eigenvalue weighted by Crippen LogP contribution is -2.14. The molecule has 0 bridgehead atoms. The average molecular weight is 438 g/mol. The predicted molar refractivity (Wildman–Crippen MR) is 125 cm³/mol. The van der Waals surface area contributed by atoms with Crippen molar-refractivity contribution in [2.75, 3.05) is 11.9 Å². The van der Waals surface area contributed by atoms with Gasteiger partial charge in [0.05, 0.1) is 12.1 Å². The zero-order valence-electron chi connectivity index (χ0n) is 18.5. The van der Waals surface area contributed by atoms with Crippen LogP contribution in [0.2, 0.25) is 0 Å². The monoisotopic (exact) mass is 437 g/mol. The number of unbranched alkanes of at least 4 members (excludes halogenated alkanes) is 3. The van der Waals surface area contributed by atoms with Crippen molar-refractivity contribution in [1.29, 1.82) is 0 Å². The number of hydrogen-bond donors (Lipinski definition) is 2. The normalized spacial score (nSPS) is 17.8. The summed E-state index contributed by atoms with van der Waals surface area (Å²) in [5.74, 6) is 0.171. The van der Waals surface area contributed by atoms with Crippen molar-refractivity contribution in [1.82, 2.24) is 9.97 Å². The molecule has 2 atom stereocenters. The van der Waals surface area contributed by atoms with Crippen LogP contribution in [0.25, 0.3) is 6.08 Å². The molecule has 2 unspecified atom stereocenters. The van der Waals surface area contributed by atoms with E-state index in [1.54, 1.807) is 12.3 Å². The number of nitrogens with one attached hydrogen (secondary N) is 1. The van der Waals surface area contributed by atoms with Gasteiger partial charge in [-0.05, 0) is 72.9 Å². The third-order valence-electron chi connectivity index (χ3n) is 6.48. The highest BCUT2D eigenvalue weighted by atomic mass is 19.1. The van der Waals surface area contributed by atoms with E-state index >= 15 is 0 Å². The molecule has 2 aromatic rings. The Bertz CT molecular complexity index is 976. The van der Waals surface area contributed by atoms with Crippen LogP contribution in [0.3, 0.4) is 0 Å². The summed E-state index contributed by atoms with van der Waals surface area (Å²) in [5.41, 5.74) is 5.04. The molecule has 2 N–H and O–H groups in total. The van der Waals surface area contributed by atoms with Crippen molar-refractivity contribution >= 4 is 17.9 Å². The molecule has 4 rings (SSSR count). The molecule has 6 heteroatoms. The molecule has 3 heterocycles. The van der Waals surface area contributed by atoms with Crippen LogP contribution in [0.1, 0.15) is 78.9 Å². The number of hydrogen-bond acceptors (Lipinski definition) is 4. The first kappa shape index (κ1) is 22.4. The van der Waals surface area contributed by atoms with Crippen molar-refractivity contribution in [3.05, 3.63) is 58.6 Å². The molecular formula is C26H32FN3O2. The van der Waals surface area contributed by atoms with E-state index in [9.17, 15) is 14.3 Å². The number of aromatic nitrogens is 2. The van der Waals surface area contributed by atoms with Gasteiger partial charge in [0.25, 0.3) is 0 Å². The summed E-state index contributed by atoms with van der Waals surface area (Å²) in [6, 6.07) is 6.31. The summed E-state index contributed by atoms with van der Waals surface area (Å²) >= 11 is 0. The number of pyridine rings is 2. The summed E-state index contributed by atoms with van der Waals surface area (Å²) in [7, 11) is 0. The molecule has 0 saturated carbocycles. The van der Waals surface area contributed by atoms with Crippen LogP contribution in [0, 0.1) is 0 Å². The van der Waals surface area contributed by atoms with Crippen molar-refractivity contribution in [3.63, 3.8) is 0 Å². The van der Waals surface area contributed by atoms with E-state index in [4.69, 9.17) is 4.98 Å². The van der Waals surface area contributed by atoms with Crippen molar-refractivity contribution < 1.29 is 14.3 Å². The summed E-state index contributed by atoms with van der Waals surface area (Å²) in [4.78, 5) is 20.6. The van der Waals surface area contributed by atoms with Crippen LogP contribution in [0.4, 0.5) is 10.2 Å². The Labute approximate surface area is 189 Å². The van der Waals surface area contributed by atoms with E-state index in [1.165, 1.54) is 18.1 Å². The lowest BCUT2D eigenvalue weighted by atomic mass is 9.88. The van der Waals surface area contributed by atoms with Crippen LogP contribution in [0.15, 0.2) is 30.5 Å². The van der Waals surface area contributed by atoms with Crippen molar-refractivity contribution in [2.45, 2.75) is 76.3 Å². The molecule has 1 aliphatic heterocycles. The van der Waals surface area contributed by atoms with Crippen molar-refractivity contribution in [3.8, 4) is 0 Å². The number of anilines is 1. The zero-order valence-corrected chi connectivity index (χ0v) is 18.5. The first-order chi connectivity index (χ1) is 15.6. The number of carboxylic acid groups (broad SMARTS) is 1. The van der Waals surface area contributed by atoms with E-state index in [-0.39, 0.29) is 12.3 Å². The molecule has 0 amide bonds. The smallest absolute Gasteiger partial charge is 0.303 e. The zero-order chi connectivity index (χ0) is 22.3. The number of alkyl halides is 1. The molecule has 1 aliphatic carbocycles. The molecule has 0 fully saturated rings. The maximum atomic E-state index is 13.7. The minimum absolute atomic E-state index is 0.0809. The van der Waals surface area contributed by atoms with Gasteiger partial charge < -0.3 is 10.4 Å². The standard InChI is InChI=1S/C26H32FN3O2/c27-22-10-12-24-20(15-22)14-21(17-29-24)19(16-25(31)32)6-3-1-2-4-8-23-11-9-18-7-5-13-28-26(18)30-23/h9-12,14,17,19,22H,1-8,13,15-16H2,(H,28,30)(H,31,32). The number of aliphatic carboxylic acids is 1. The Kier molecular flexibility index (Phi) is 7.51. The fourth-order valence-corrected chi connectivity index (χ4v) is 4.71. The van der Waals surface area contributed by atoms with Gasteiger partial charge in [0.2, 0.25) is 0 Å². The Balaban J connectivity index is 1.25. The Morgan fingerprint density at radius 2 is 2.09 bits per heavy atom. The number of carbonyl (C=O) groups is 1. The minimum Gasteiger partial charge on any atom is -0.481 e. The molecule has 5 nitrogen and oxygen atoms in total. The number of halogens is 1. The highest BCUT2D eigenvalue weighted by Crippen LogP contribution is 2.29. The lowest BCUT2D eigenvalue weighted by molar-refractivity contribution is -0.137. The first-order valence-electron chi connectivity index (χ1n) is 11.8. The van der Waals surface area contributed by atoms with Crippen LogP contribution in [-0.4, -0.2) is 33.8 Å². The number of fused-ring (bicyclic) bond motifs is 2. The lowest BCUT2D eigenvalue weighted by Gasteiger charge is -2.19. The second-order valence-electron chi connectivity index (χ2n) is 8.98. The molecule has 0 radical (unpaired) electrons. The maximum absolute atomic E-state index is 13.7. The highest BCUT2D eigenvalue weighted by Gasteiger charge is 2.20. The van der Waals surface area contributed by atoms with Gasteiger partial charge >= 0.3 is 5.97 Å². The van der Waals surface area contributed by atoms with Gasteiger partial charge in [-0.3, -0.25) is 9.78 Å². The molecule has 2 aliphatic rings. The number of carboxylic acids is 1. The Morgan fingerprint density at radius 1 is 1.22 bits per heavy atom. The molecule has 32 heavy (non-hydrogen) atoms. The third kappa shape index (κ3) is 5.93. The molecular weight excluding hydrogens is 405 g/mol. The van der Waals surface area contributed by atoms with E-state index in [2.05, 4.69) is 22.4 Å². The predicted octanol–water partition coefficient (Wildman–Crippen LogP) is 5.49. The maximum Gasteiger partial charge on any atom is 0.303 e. The summed E-state index contributed by atoms with van der Waals surface area (Å²) in [6.07, 6.45) is 12.7. The number of rotatable bonds is 10. The topological polar surface area (TPSA) is 75.1 Å². The number of aryl methyl sites for hydroxylation is 2. The third-order valence-corrected chi connectivity index (χ3v) is 6.48. The number of allylic oxidation sites excluding steroid dienone is 1. The second kappa shape index (κ2) is 10.7. The molecule has 0 saturated heterocycles. The van der Waals surface area contributed by atoms with Crippen LogP contribution >= 0.6 is 0 Å². The van der Waals surface area contributed by atoms with Gasteiger partial charge in [0.1, 0.15) is 12.0 Å². The molecule has 0 spiro atoms. The quantitative estimate of drug-likeness (QED) is 0.481. The van der Waals surface area contributed by atoms with Gasteiger partial charge in [-0.15, -0.1) is 0 Å². The largest absolute Gasteiger partial charge is 0.481 e. The first-order valence-corrected chi connectivity index (χ1v) is 11.8. The van der Waals surface area contributed by atoms with Gasteiger partial charge in [0, 0.05) is 24.9 Å². The van der Waals surface area contributed by atoms with E-state index in [0.29, 0.717) is 6.42 Å². The molecule has 2 aromatic heterocycles. The highest BCUT2D eigenvalue weighted by molar-refractivity contribution is 5.68. The molecule has 170 valence electrons. The second-order valence-corrected chi connectivity index (χ2v) is 8.98. The van der Waals surface area contributed by atoms with Gasteiger partial charge in [-0.2, -0.15) is 0 Å². The van der Waals surface area contributed by atoms with Crippen LogP contribution < -0.4 is 5.32 Å². The average Bonchev–Trinajstić information content (AvgIpc) is 2.79. The van der Waals surface area contributed by atoms with Gasteiger partial charge in [-0.1, -0.05) is 31.4 Å². The summed E-state index contributed by atoms with van der Waals surface area (Å²) in [6.45, 7) is 1.01. The van der Waals surface area contributed by atoms with E-state index in [0.717, 1.165) is 79.8 Å². The summed E-state index contributed by atoms with van der Waals surface area (Å²) < 4.78 is 13.7. The Hall–Kier alpha value is -2.76. The fraction of sp³-hybridized carbons (Fsp3) is 0.500. The van der Waals surface area contributed by atoms with Gasteiger partial charge in [0.15, 0.2) is 0 Å². The van der Waals surface area contributed by atoms with Gasteiger partial charge in [-0.25, -0.2) is 9.37 Å². The SMILES string of the molecule is O=C(O)CC(CCCCCCc1ccc2c(n1)NCCC2)c1cnc2c(c1)CC(F)C=C2. The van der Waals surface area contributed by atoms with Crippen LogP contribution in [0.5, 0.6) is 0 Å². The Morgan fingerprint density at radius 3 is 2.97 bits per heavy atom. The van der Waals surface area contributed by atoms with Crippen LogP contribution in [-0.2, 0) is 24.1 Å².